The summed E-state index contributed by atoms with van der Waals surface area (Å²) in [6.07, 6.45) is 0. The number of thioether (sulfide) groups is 1. The lowest BCUT2D eigenvalue weighted by Gasteiger charge is -2.09. The standard InChI is InChI=1S/C11H12N2O2S/c1-12-11-13(2)10(15)9(16-11)7-5-3-4-6-8(7)14/h3-6,9,14H,1-2H3. The van der Waals surface area contributed by atoms with Crippen LogP contribution in [0.15, 0.2) is 29.3 Å². The quantitative estimate of drug-likeness (QED) is 0.806. The van der Waals surface area contributed by atoms with Crippen LogP contribution in [-0.2, 0) is 4.79 Å². The van der Waals surface area contributed by atoms with E-state index in [1.807, 2.05) is 6.07 Å². The number of amides is 1. The van der Waals surface area contributed by atoms with Crippen molar-refractivity contribution in [2.45, 2.75) is 5.25 Å². The number of aliphatic imine (C=N–C) groups is 1. The minimum atomic E-state index is -0.384. The fourth-order valence-electron chi connectivity index (χ4n) is 1.61. The summed E-state index contributed by atoms with van der Waals surface area (Å²) in [5.74, 6) is 0.103. The molecular formula is C11H12N2O2S. The average molecular weight is 236 g/mol. The summed E-state index contributed by atoms with van der Waals surface area (Å²) in [7, 11) is 3.34. The Bertz CT molecular complexity index is 459. The van der Waals surface area contributed by atoms with Gasteiger partial charge in [-0.2, -0.15) is 0 Å². The highest BCUT2D eigenvalue weighted by Gasteiger charge is 2.37. The van der Waals surface area contributed by atoms with Gasteiger partial charge in [0.05, 0.1) is 0 Å². The Hall–Kier alpha value is -1.49. The molecular weight excluding hydrogens is 224 g/mol. The van der Waals surface area contributed by atoms with Gasteiger partial charge in [0, 0.05) is 19.7 Å². The topological polar surface area (TPSA) is 52.9 Å². The summed E-state index contributed by atoms with van der Waals surface area (Å²) in [6.45, 7) is 0. The Morgan fingerprint density at radius 3 is 2.69 bits per heavy atom. The third-order valence-electron chi connectivity index (χ3n) is 2.48. The van der Waals surface area contributed by atoms with Gasteiger partial charge >= 0.3 is 0 Å². The zero-order valence-corrected chi connectivity index (χ0v) is 9.86. The maximum Gasteiger partial charge on any atom is 0.246 e. The van der Waals surface area contributed by atoms with Crippen molar-refractivity contribution >= 4 is 22.8 Å². The highest BCUT2D eigenvalue weighted by atomic mass is 32.2. The van der Waals surface area contributed by atoms with Crippen molar-refractivity contribution in [3.05, 3.63) is 29.8 Å². The molecule has 5 heteroatoms. The molecule has 1 fully saturated rings. The zero-order chi connectivity index (χ0) is 11.7. The van der Waals surface area contributed by atoms with E-state index in [4.69, 9.17) is 0 Å². The van der Waals surface area contributed by atoms with Crippen molar-refractivity contribution < 1.29 is 9.90 Å². The molecule has 1 aliphatic heterocycles. The number of aromatic hydroxyl groups is 1. The second-order valence-electron chi connectivity index (χ2n) is 3.46. The number of para-hydroxylation sites is 1. The summed E-state index contributed by atoms with van der Waals surface area (Å²) in [6, 6.07) is 6.90. The number of phenols is 1. The molecule has 0 aliphatic carbocycles. The lowest BCUT2D eigenvalue weighted by molar-refractivity contribution is -0.125. The van der Waals surface area contributed by atoms with E-state index in [1.165, 1.54) is 16.7 Å². The van der Waals surface area contributed by atoms with Crippen LogP contribution in [0.25, 0.3) is 0 Å². The van der Waals surface area contributed by atoms with Crippen molar-refractivity contribution in [1.29, 1.82) is 0 Å². The van der Waals surface area contributed by atoms with Gasteiger partial charge in [-0.15, -0.1) is 0 Å². The molecule has 84 valence electrons. The van der Waals surface area contributed by atoms with Crippen LogP contribution in [-0.4, -0.2) is 35.2 Å². The molecule has 1 aromatic carbocycles. The number of carbonyl (C=O) groups excluding carboxylic acids is 1. The minimum absolute atomic E-state index is 0.0490. The maximum atomic E-state index is 11.9. The predicted molar refractivity (Wildman–Crippen MR) is 64.6 cm³/mol. The van der Waals surface area contributed by atoms with E-state index >= 15 is 0 Å². The largest absolute Gasteiger partial charge is 0.508 e. The number of rotatable bonds is 1. The van der Waals surface area contributed by atoms with E-state index in [-0.39, 0.29) is 16.9 Å². The molecule has 1 aromatic rings. The Morgan fingerprint density at radius 1 is 1.44 bits per heavy atom. The molecule has 0 spiro atoms. The van der Waals surface area contributed by atoms with E-state index in [2.05, 4.69) is 4.99 Å². The summed E-state index contributed by atoms with van der Waals surface area (Å²) in [5.41, 5.74) is 0.642. The minimum Gasteiger partial charge on any atom is -0.508 e. The molecule has 1 N–H and O–H groups in total. The van der Waals surface area contributed by atoms with Gasteiger partial charge in [-0.25, -0.2) is 0 Å². The first kappa shape index (κ1) is 11.0. The van der Waals surface area contributed by atoms with Crippen LogP contribution in [0.2, 0.25) is 0 Å². The second-order valence-corrected chi connectivity index (χ2v) is 4.53. The number of carbonyl (C=O) groups is 1. The van der Waals surface area contributed by atoms with Gasteiger partial charge in [0.1, 0.15) is 11.0 Å². The smallest absolute Gasteiger partial charge is 0.246 e. The van der Waals surface area contributed by atoms with Gasteiger partial charge in [-0.3, -0.25) is 14.7 Å². The Kier molecular flexibility index (Phi) is 2.87. The van der Waals surface area contributed by atoms with E-state index < -0.39 is 0 Å². The van der Waals surface area contributed by atoms with Crippen molar-refractivity contribution in [1.82, 2.24) is 4.90 Å². The summed E-state index contributed by atoms with van der Waals surface area (Å²) >= 11 is 1.36. The van der Waals surface area contributed by atoms with Crippen LogP contribution < -0.4 is 0 Å². The third kappa shape index (κ3) is 1.67. The zero-order valence-electron chi connectivity index (χ0n) is 9.04. The van der Waals surface area contributed by atoms with Crippen molar-refractivity contribution in [2.24, 2.45) is 4.99 Å². The molecule has 1 saturated heterocycles. The average Bonchev–Trinajstić information content (AvgIpc) is 2.57. The van der Waals surface area contributed by atoms with Crippen molar-refractivity contribution in [2.75, 3.05) is 14.1 Å². The van der Waals surface area contributed by atoms with Gasteiger partial charge in [0.2, 0.25) is 5.91 Å². The van der Waals surface area contributed by atoms with Crippen LogP contribution in [0.3, 0.4) is 0 Å². The molecule has 0 aromatic heterocycles. The molecule has 2 rings (SSSR count). The lowest BCUT2D eigenvalue weighted by Crippen LogP contribution is -2.25. The number of hydrogen-bond donors (Lipinski definition) is 1. The number of benzene rings is 1. The van der Waals surface area contributed by atoms with Gasteiger partial charge in [-0.1, -0.05) is 30.0 Å². The Labute approximate surface area is 98.0 Å². The summed E-state index contributed by atoms with van der Waals surface area (Å²) in [5, 5.41) is 10.0. The molecule has 1 heterocycles. The van der Waals surface area contributed by atoms with Gasteiger partial charge < -0.3 is 5.11 Å². The predicted octanol–water partition coefficient (Wildman–Crippen LogP) is 1.62. The van der Waals surface area contributed by atoms with Crippen LogP contribution in [0, 0.1) is 0 Å². The molecule has 1 amide bonds. The number of nitrogens with zero attached hydrogens (tertiary/aromatic N) is 2. The monoisotopic (exact) mass is 236 g/mol. The molecule has 4 nitrogen and oxygen atoms in total. The Morgan fingerprint density at radius 2 is 2.12 bits per heavy atom. The summed E-state index contributed by atoms with van der Waals surface area (Å²) < 4.78 is 0. The van der Waals surface area contributed by atoms with E-state index in [1.54, 1.807) is 32.3 Å². The fourth-order valence-corrected chi connectivity index (χ4v) is 2.76. The van der Waals surface area contributed by atoms with Gasteiger partial charge in [-0.05, 0) is 6.07 Å². The molecule has 1 aliphatic rings. The third-order valence-corrected chi connectivity index (χ3v) is 3.83. The summed E-state index contributed by atoms with van der Waals surface area (Å²) in [4.78, 5) is 17.5. The van der Waals surface area contributed by atoms with Gasteiger partial charge in [0.15, 0.2) is 5.17 Å². The maximum absolute atomic E-state index is 11.9. The van der Waals surface area contributed by atoms with Crippen LogP contribution >= 0.6 is 11.8 Å². The Balaban J connectivity index is 2.38. The molecule has 16 heavy (non-hydrogen) atoms. The lowest BCUT2D eigenvalue weighted by atomic mass is 10.1. The van der Waals surface area contributed by atoms with Crippen LogP contribution in [0.5, 0.6) is 5.75 Å². The first-order valence-electron chi connectivity index (χ1n) is 4.84. The number of phenolic OH excluding ortho intramolecular Hbond substituents is 1. The van der Waals surface area contributed by atoms with Crippen LogP contribution in [0.4, 0.5) is 0 Å². The van der Waals surface area contributed by atoms with E-state index in [0.29, 0.717) is 10.7 Å². The van der Waals surface area contributed by atoms with E-state index in [9.17, 15) is 9.90 Å². The van der Waals surface area contributed by atoms with Crippen molar-refractivity contribution in [3.8, 4) is 5.75 Å². The SMILES string of the molecule is CN=C1SC(c2ccccc2O)C(=O)N1C. The van der Waals surface area contributed by atoms with E-state index in [0.717, 1.165) is 0 Å². The van der Waals surface area contributed by atoms with Crippen LogP contribution in [0.1, 0.15) is 10.8 Å². The van der Waals surface area contributed by atoms with Gasteiger partial charge in [0.25, 0.3) is 0 Å². The fraction of sp³-hybridized carbons (Fsp3) is 0.273. The number of likely N-dealkylation sites (N-methyl/N-ethyl adjacent to an activating group) is 1. The van der Waals surface area contributed by atoms with Crippen molar-refractivity contribution in [3.63, 3.8) is 0 Å². The highest BCUT2D eigenvalue weighted by Crippen LogP contribution is 2.41. The molecule has 0 saturated carbocycles. The highest BCUT2D eigenvalue weighted by molar-refractivity contribution is 8.15. The molecule has 1 unspecified atom stereocenters. The first-order valence-corrected chi connectivity index (χ1v) is 5.72. The second kappa shape index (κ2) is 4.17. The number of amidine groups is 1. The molecule has 0 radical (unpaired) electrons. The normalized spacial score (nSPS) is 23.1. The molecule has 1 atom stereocenters. The molecule has 0 bridgehead atoms. The number of hydrogen-bond acceptors (Lipinski definition) is 4. The first-order chi connectivity index (χ1) is 7.65.